The topological polar surface area (TPSA) is 49.8 Å². The molecule has 1 aromatic heterocycles. The molecule has 0 N–H and O–H groups in total. The molecule has 0 radical (unpaired) electrons. The minimum Gasteiger partial charge on any atom is -0.478 e. The highest BCUT2D eigenvalue weighted by Crippen LogP contribution is 2.36. The maximum absolute atomic E-state index is 6.22. The molecule has 0 bridgehead atoms. The third kappa shape index (κ3) is 10.9. The van der Waals surface area contributed by atoms with Crippen LogP contribution in [0, 0.1) is 5.92 Å². The number of hydrogen-bond donors (Lipinski definition) is 0. The molecule has 1 saturated carbocycles. The summed E-state index contributed by atoms with van der Waals surface area (Å²) in [5, 5.41) is 0. The Morgan fingerprint density at radius 2 is 1.59 bits per heavy atom. The fourth-order valence-corrected chi connectivity index (χ4v) is 5.04. The Balaban J connectivity index is 1.12. The van der Waals surface area contributed by atoms with Crippen molar-refractivity contribution in [3.63, 3.8) is 0 Å². The van der Waals surface area contributed by atoms with Crippen molar-refractivity contribution in [1.82, 2.24) is 4.98 Å². The van der Waals surface area contributed by atoms with Gasteiger partial charge < -0.3 is 18.9 Å². The first-order valence-corrected chi connectivity index (χ1v) is 15.6. The summed E-state index contributed by atoms with van der Waals surface area (Å²) in [6, 6.07) is 12.4. The van der Waals surface area contributed by atoms with Gasteiger partial charge in [0.1, 0.15) is 6.26 Å². The Kier molecular flexibility index (Phi) is 13.0. The molecule has 5 heteroatoms. The van der Waals surface area contributed by atoms with E-state index < -0.39 is 6.29 Å². The van der Waals surface area contributed by atoms with E-state index in [1.54, 1.807) is 12.5 Å². The van der Waals surface area contributed by atoms with E-state index in [4.69, 9.17) is 18.9 Å². The monoisotopic (exact) mass is 535 g/mol. The van der Waals surface area contributed by atoms with Crippen molar-refractivity contribution >= 4 is 5.76 Å². The number of nitrogens with zero attached hydrogens (tertiary/aromatic N) is 1. The van der Waals surface area contributed by atoms with Gasteiger partial charge in [0.25, 0.3) is 6.29 Å². The van der Waals surface area contributed by atoms with E-state index in [0.29, 0.717) is 18.2 Å². The average Bonchev–Trinajstić information content (AvgIpc) is 3.67. The van der Waals surface area contributed by atoms with E-state index in [0.717, 1.165) is 55.9 Å². The van der Waals surface area contributed by atoms with Crippen LogP contribution in [-0.4, -0.2) is 24.8 Å². The standard InChI is InChI=1S/C34H49NO4/c1-2-3-23-36-24-13-14-25-37-33-22-21-30(26-35-33)32-27-38-34(39-32)31-18-12-11-17-29(31)16-10-8-6-4-5-7-9-15-28-19-20-28/h11-12,17-18,21-22,26-28,34H,2-10,13-16,19-20,23-25H2,1H3. The maximum atomic E-state index is 6.22. The summed E-state index contributed by atoms with van der Waals surface area (Å²) in [6.07, 6.45) is 22.4. The highest BCUT2D eigenvalue weighted by atomic mass is 16.7. The quantitative estimate of drug-likeness (QED) is 0.149. The molecule has 4 rings (SSSR count). The zero-order chi connectivity index (χ0) is 27.0. The van der Waals surface area contributed by atoms with Gasteiger partial charge in [0.05, 0.1) is 6.61 Å². The summed E-state index contributed by atoms with van der Waals surface area (Å²) in [6.45, 7) is 4.47. The molecule has 39 heavy (non-hydrogen) atoms. The molecule has 1 aliphatic carbocycles. The van der Waals surface area contributed by atoms with Crippen molar-refractivity contribution < 1.29 is 18.9 Å². The molecule has 0 amide bonds. The molecule has 0 saturated heterocycles. The minimum absolute atomic E-state index is 0.405. The Hall–Kier alpha value is -2.53. The zero-order valence-electron chi connectivity index (χ0n) is 24.1. The van der Waals surface area contributed by atoms with Gasteiger partial charge in [0.15, 0.2) is 5.76 Å². The predicted molar refractivity (Wildman–Crippen MR) is 157 cm³/mol. The Bertz CT molecular complexity index is 969. The molecular weight excluding hydrogens is 486 g/mol. The van der Waals surface area contributed by atoms with E-state index in [1.807, 2.05) is 12.1 Å². The van der Waals surface area contributed by atoms with Crippen LogP contribution in [0.25, 0.3) is 5.76 Å². The maximum Gasteiger partial charge on any atom is 0.267 e. The van der Waals surface area contributed by atoms with Crippen LogP contribution in [-0.2, 0) is 20.6 Å². The molecule has 2 aromatic rings. The van der Waals surface area contributed by atoms with Gasteiger partial charge in [-0.3, -0.25) is 0 Å². The lowest BCUT2D eigenvalue weighted by molar-refractivity contribution is -0.0177. The number of hydrogen-bond acceptors (Lipinski definition) is 5. The molecule has 5 nitrogen and oxygen atoms in total. The van der Waals surface area contributed by atoms with Crippen molar-refractivity contribution in [2.75, 3.05) is 19.8 Å². The molecular formula is C34H49NO4. The van der Waals surface area contributed by atoms with Gasteiger partial charge in [-0.2, -0.15) is 0 Å². The van der Waals surface area contributed by atoms with Crippen molar-refractivity contribution in [3.05, 3.63) is 65.5 Å². The van der Waals surface area contributed by atoms with Gasteiger partial charge in [0.2, 0.25) is 5.88 Å². The zero-order valence-corrected chi connectivity index (χ0v) is 24.1. The number of pyridine rings is 1. The van der Waals surface area contributed by atoms with E-state index in [2.05, 4.69) is 36.2 Å². The molecule has 1 fully saturated rings. The predicted octanol–water partition coefficient (Wildman–Crippen LogP) is 9.17. The Morgan fingerprint density at radius 1 is 0.821 bits per heavy atom. The molecule has 1 atom stereocenters. The van der Waals surface area contributed by atoms with Gasteiger partial charge in [0, 0.05) is 36.6 Å². The van der Waals surface area contributed by atoms with Gasteiger partial charge in [-0.05, 0) is 49.7 Å². The van der Waals surface area contributed by atoms with Crippen LogP contribution in [0.15, 0.2) is 48.9 Å². The van der Waals surface area contributed by atoms with Gasteiger partial charge in [-0.1, -0.05) is 95.4 Å². The third-order valence-electron chi connectivity index (χ3n) is 7.69. The first kappa shape index (κ1) is 29.5. The van der Waals surface area contributed by atoms with Crippen LogP contribution < -0.4 is 4.74 Å². The van der Waals surface area contributed by atoms with Crippen LogP contribution in [0.3, 0.4) is 0 Å². The highest BCUT2D eigenvalue weighted by Gasteiger charge is 2.25. The number of unbranched alkanes of at least 4 members (excludes halogenated alkanes) is 8. The molecule has 1 unspecified atom stereocenters. The number of ether oxygens (including phenoxy) is 4. The molecule has 1 aromatic carbocycles. The summed E-state index contributed by atoms with van der Waals surface area (Å²) in [5.74, 6) is 2.42. The molecule has 1 aliphatic heterocycles. The van der Waals surface area contributed by atoms with Crippen LogP contribution in [0.4, 0.5) is 0 Å². The fourth-order valence-electron chi connectivity index (χ4n) is 5.04. The lowest BCUT2D eigenvalue weighted by Gasteiger charge is -2.16. The van der Waals surface area contributed by atoms with Crippen LogP contribution in [0.1, 0.15) is 120 Å². The van der Waals surface area contributed by atoms with E-state index in [9.17, 15) is 0 Å². The average molecular weight is 536 g/mol. The smallest absolute Gasteiger partial charge is 0.267 e. The number of aromatic nitrogens is 1. The molecule has 2 heterocycles. The summed E-state index contributed by atoms with van der Waals surface area (Å²) < 4.78 is 23.6. The van der Waals surface area contributed by atoms with Gasteiger partial charge in [-0.25, -0.2) is 4.98 Å². The van der Waals surface area contributed by atoms with E-state index in [-0.39, 0.29) is 0 Å². The number of rotatable bonds is 21. The highest BCUT2D eigenvalue weighted by molar-refractivity contribution is 5.59. The fraction of sp³-hybridized carbons (Fsp3) is 0.618. The summed E-state index contributed by atoms with van der Waals surface area (Å²) in [7, 11) is 0. The first-order chi connectivity index (χ1) is 19.3. The minimum atomic E-state index is -0.405. The molecule has 2 aliphatic rings. The Labute approximate surface area is 236 Å². The third-order valence-corrected chi connectivity index (χ3v) is 7.69. The lowest BCUT2D eigenvalue weighted by Crippen LogP contribution is -2.04. The van der Waals surface area contributed by atoms with Gasteiger partial charge in [-0.15, -0.1) is 0 Å². The van der Waals surface area contributed by atoms with Crippen molar-refractivity contribution in [2.24, 2.45) is 5.92 Å². The van der Waals surface area contributed by atoms with Crippen molar-refractivity contribution in [1.29, 1.82) is 0 Å². The summed E-state index contributed by atoms with van der Waals surface area (Å²) in [4.78, 5) is 4.46. The first-order valence-electron chi connectivity index (χ1n) is 15.6. The second-order valence-corrected chi connectivity index (χ2v) is 11.1. The lowest BCUT2D eigenvalue weighted by atomic mass is 9.99. The van der Waals surface area contributed by atoms with Crippen molar-refractivity contribution in [2.45, 2.75) is 110 Å². The summed E-state index contributed by atoms with van der Waals surface area (Å²) >= 11 is 0. The largest absolute Gasteiger partial charge is 0.478 e. The second kappa shape index (κ2) is 17.2. The van der Waals surface area contributed by atoms with Crippen LogP contribution in [0.2, 0.25) is 0 Å². The SMILES string of the molecule is CCCCOCCCCOc1ccc(C2=COC(c3ccccc3CCCCCCCCCC3CC3)O2)cn1. The van der Waals surface area contributed by atoms with E-state index in [1.165, 1.54) is 76.2 Å². The number of benzene rings is 1. The van der Waals surface area contributed by atoms with Gasteiger partial charge >= 0.3 is 0 Å². The number of aryl methyl sites for hydroxylation is 1. The Morgan fingerprint density at radius 3 is 2.38 bits per heavy atom. The van der Waals surface area contributed by atoms with Crippen LogP contribution in [0.5, 0.6) is 5.88 Å². The normalized spacial score (nSPS) is 16.5. The molecule has 0 spiro atoms. The summed E-state index contributed by atoms with van der Waals surface area (Å²) in [5.41, 5.74) is 3.33. The van der Waals surface area contributed by atoms with Crippen LogP contribution >= 0.6 is 0 Å². The van der Waals surface area contributed by atoms with Crippen molar-refractivity contribution in [3.8, 4) is 5.88 Å². The molecule has 214 valence electrons. The second-order valence-electron chi connectivity index (χ2n) is 11.1. The van der Waals surface area contributed by atoms with E-state index >= 15 is 0 Å².